The minimum absolute atomic E-state index is 0.0858. The Morgan fingerprint density at radius 2 is 1.85 bits per heavy atom. The van der Waals surface area contributed by atoms with Crippen LogP contribution in [0.4, 0.5) is 10.1 Å². The van der Waals surface area contributed by atoms with Crippen molar-refractivity contribution in [3.8, 4) is 0 Å². The number of amides is 1. The van der Waals surface area contributed by atoms with E-state index in [0.717, 1.165) is 28.8 Å². The first-order chi connectivity index (χ1) is 12.6. The molecule has 1 amide bonds. The van der Waals surface area contributed by atoms with Crippen molar-refractivity contribution in [3.05, 3.63) is 76.7 Å². The number of benzene rings is 2. The van der Waals surface area contributed by atoms with Crippen molar-refractivity contribution in [2.45, 2.75) is 38.5 Å². The van der Waals surface area contributed by atoms with E-state index in [4.69, 9.17) is 0 Å². The molecule has 132 valence electrons. The predicted molar refractivity (Wildman–Crippen MR) is 98.3 cm³/mol. The molecule has 4 rings (SSSR count). The number of anilines is 1. The highest BCUT2D eigenvalue weighted by Gasteiger charge is 2.40. The average Bonchev–Trinajstić information content (AvgIpc) is 2.61. The summed E-state index contributed by atoms with van der Waals surface area (Å²) in [6.45, 7) is 2.01. The lowest BCUT2D eigenvalue weighted by molar-refractivity contribution is -0.119. The number of ketones is 1. The molecule has 0 saturated carbocycles. The second-order valence-electron chi connectivity index (χ2n) is 6.96. The maximum atomic E-state index is 13.7. The summed E-state index contributed by atoms with van der Waals surface area (Å²) in [5.41, 5.74) is 4.09. The number of Topliss-reactive ketones (excluding diaryl/α,β-unsaturated/α-hetero) is 1. The second kappa shape index (κ2) is 6.52. The summed E-state index contributed by atoms with van der Waals surface area (Å²) in [6.07, 6.45) is 2.11. The van der Waals surface area contributed by atoms with Gasteiger partial charge in [0.2, 0.25) is 5.91 Å². The van der Waals surface area contributed by atoms with E-state index in [-0.39, 0.29) is 29.8 Å². The van der Waals surface area contributed by atoms with Crippen LogP contribution in [0.3, 0.4) is 0 Å². The van der Waals surface area contributed by atoms with Crippen LogP contribution in [0.25, 0.3) is 0 Å². The van der Waals surface area contributed by atoms with Gasteiger partial charge in [-0.1, -0.05) is 30.3 Å². The standard InChI is InChI=1S/C22H20FNO2/c1-14-6-2-3-9-17(14)18-13-21(26)24(16-8-4-7-15(23)12-16)19-10-5-11-20(25)22(18)19/h2-4,6-9,12,18H,5,10-11,13H2,1H3. The smallest absolute Gasteiger partial charge is 0.232 e. The zero-order valence-corrected chi connectivity index (χ0v) is 14.7. The monoisotopic (exact) mass is 349 g/mol. The molecule has 0 radical (unpaired) electrons. The van der Waals surface area contributed by atoms with Crippen LogP contribution in [0.2, 0.25) is 0 Å². The molecule has 26 heavy (non-hydrogen) atoms. The Kier molecular flexibility index (Phi) is 4.19. The van der Waals surface area contributed by atoms with Gasteiger partial charge in [-0.25, -0.2) is 4.39 Å². The number of hydrogen-bond acceptors (Lipinski definition) is 2. The Hall–Kier alpha value is -2.75. The van der Waals surface area contributed by atoms with E-state index >= 15 is 0 Å². The second-order valence-corrected chi connectivity index (χ2v) is 6.96. The first-order valence-corrected chi connectivity index (χ1v) is 8.96. The summed E-state index contributed by atoms with van der Waals surface area (Å²) in [6, 6.07) is 13.9. The van der Waals surface area contributed by atoms with Crippen molar-refractivity contribution in [1.29, 1.82) is 0 Å². The van der Waals surface area contributed by atoms with Gasteiger partial charge in [0.1, 0.15) is 5.82 Å². The maximum Gasteiger partial charge on any atom is 0.232 e. The van der Waals surface area contributed by atoms with Crippen LogP contribution in [0.15, 0.2) is 59.8 Å². The number of carbonyl (C=O) groups excluding carboxylic acids is 2. The number of carbonyl (C=O) groups is 2. The van der Waals surface area contributed by atoms with Gasteiger partial charge in [-0.05, 0) is 49.1 Å². The van der Waals surface area contributed by atoms with E-state index in [0.29, 0.717) is 18.5 Å². The lowest BCUT2D eigenvalue weighted by Gasteiger charge is -2.38. The van der Waals surface area contributed by atoms with Gasteiger partial charge in [-0.2, -0.15) is 0 Å². The number of nitrogens with zero attached hydrogens (tertiary/aromatic N) is 1. The molecule has 1 unspecified atom stereocenters. The Morgan fingerprint density at radius 1 is 1.04 bits per heavy atom. The molecule has 0 aromatic heterocycles. The third kappa shape index (κ3) is 2.75. The fraction of sp³-hybridized carbons (Fsp3) is 0.273. The summed E-state index contributed by atoms with van der Waals surface area (Å²) in [4.78, 5) is 27.4. The van der Waals surface area contributed by atoms with Gasteiger partial charge >= 0.3 is 0 Å². The van der Waals surface area contributed by atoms with Gasteiger partial charge in [0.15, 0.2) is 5.78 Å². The van der Waals surface area contributed by atoms with Crippen LogP contribution in [-0.2, 0) is 9.59 Å². The highest BCUT2D eigenvalue weighted by atomic mass is 19.1. The zero-order valence-electron chi connectivity index (χ0n) is 14.7. The van der Waals surface area contributed by atoms with E-state index in [1.54, 1.807) is 17.0 Å². The number of rotatable bonds is 2. The number of allylic oxidation sites excluding steroid dienone is 2. The van der Waals surface area contributed by atoms with Crippen molar-refractivity contribution in [2.24, 2.45) is 0 Å². The van der Waals surface area contributed by atoms with Crippen LogP contribution in [0.5, 0.6) is 0 Å². The summed E-state index contributed by atoms with van der Waals surface area (Å²) in [5.74, 6) is -0.581. The molecule has 0 fully saturated rings. The number of aryl methyl sites for hydroxylation is 1. The highest BCUT2D eigenvalue weighted by Crippen LogP contribution is 2.44. The van der Waals surface area contributed by atoms with Crippen molar-refractivity contribution in [2.75, 3.05) is 4.90 Å². The minimum atomic E-state index is -0.388. The summed E-state index contributed by atoms with van der Waals surface area (Å²) in [5, 5.41) is 0. The molecule has 1 atom stereocenters. The van der Waals surface area contributed by atoms with Crippen LogP contribution >= 0.6 is 0 Å². The summed E-state index contributed by atoms with van der Waals surface area (Å²) >= 11 is 0. The molecule has 4 heteroatoms. The lowest BCUT2D eigenvalue weighted by Crippen LogP contribution is -2.40. The summed E-state index contributed by atoms with van der Waals surface area (Å²) < 4.78 is 13.7. The first kappa shape index (κ1) is 16.7. The molecule has 2 aromatic rings. The molecule has 1 heterocycles. The molecule has 0 saturated heterocycles. The molecular weight excluding hydrogens is 329 g/mol. The molecule has 0 spiro atoms. The maximum absolute atomic E-state index is 13.7. The molecule has 1 aliphatic heterocycles. The van der Waals surface area contributed by atoms with Gasteiger partial charge in [-0.3, -0.25) is 14.5 Å². The van der Waals surface area contributed by atoms with Gasteiger partial charge in [0.05, 0.1) is 5.69 Å². The lowest BCUT2D eigenvalue weighted by atomic mass is 9.76. The quantitative estimate of drug-likeness (QED) is 0.791. The summed E-state index contributed by atoms with van der Waals surface area (Å²) in [7, 11) is 0. The van der Waals surface area contributed by atoms with Crippen molar-refractivity contribution >= 4 is 17.4 Å². The highest BCUT2D eigenvalue weighted by molar-refractivity contribution is 6.07. The third-order valence-corrected chi connectivity index (χ3v) is 5.31. The zero-order chi connectivity index (χ0) is 18.3. The Balaban J connectivity index is 1.89. The average molecular weight is 349 g/mol. The van der Waals surface area contributed by atoms with Gasteiger partial charge < -0.3 is 0 Å². The molecule has 3 nitrogen and oxygen atoms in total. The molecule has 2 aliphatic rings. The van der Waals surface area contributed by atoms with Crippen molar-refractivity contribution in [1.82, 2.24) is 0 Å². The largest absolute Gasteiger partial charge is 0.294 e. The number of halogens is 1. The normalized spacial score (nSPS) is 20.4. The van der Waals surface area contributed by atoms with Gasteiger partial charge in [0.25, 0.3) is 0 Å². The fourth-order valence-electron chi connectivity index (χ4n) is 4.15. The van der Waals surface area contributed by atoms with E-state index in [9.17, 15) is 14.0 Å². The van der Waals surface area contributed by atoms with Crippen molar-refractivity contribution in [3.63, 3.8) is 0 Å². The molecular formula is C22H20FNO2. The fourth-order valence-corrected chi connectivity index (χ4v) is 4.15. The first-order valence-electron chi connectivity index (χ1n) is 8.96. The van der Waals surface area contributed by atoms with Gasteiger partial charge in [-0.15, -0.1) is 0 Å². The van der Waals surface area contributed by atoms with Crippen molar-refractivity contribution < 1.29 is 14.0 Å². The van der Waals surface area contributed by atoms with E-state index < -0.39 is 0 Å². The number of hydrogen-bond donors (Lipinski definition) is 0. The van der Waals surface area contributed by atoms with E-state index in [2.05, 4.69) is 0 Å². The van der Waals surface area contributed by atoms with Crippen LogP contribution in [0.1, 0.15) is 42.7 Å². The minimum Gasteiger partial charge on any atom is -0.294 e. The predicted octanol–water partition coefficient (Wildman–Crippen LogP) is 4.66. The molecule has 0 N–H and O–H groups in total. The van der Waals surface area contributed by atoms with Crippen LogP contribution in [0, 0.1) is 12.7 Å². The van der Waals surface area contributed by atoms with E-state index in [1.807, 2.05) is 31.2 Å². The third-order valence-electron chi connectivity index (χ3n) is 5.31. The van der Waals surface area contributed by atoms with Gasteiger partial charge in [0, 0.05) is 30.0 Å². The Bertz CT molecular complexity index is 931. The van der Waals surface area contributed by atoms with E-state index in [1.165, 1.54) is 12.1 Å². The topological polar surface area (TPSA) is 37.4 Å². The SMILES string of the molecule is Cc1ccccc1C1CC(=O)N(c2cccc(F)c2)C2=C1C(=O)CCC2. The van der Waals surface area contributed by atoms with Crippen LogP contribution in [-0.4, -0.2) is 11.7 Å². The molecule has 2 aromatic carbocycles. The Morgan fingerprint density at radius 3 is 2.62 bits per heavy atom. The Labute approximate surface area is 152 Å². The van der Waals surface area contributed by atoms with Crippen LogP contribution < -0.4 is 4.90 Å². The molecule has 0 bridgehead atoms. The molecule has 1 aliphatic carbocycles.